The third kappa shape index (κ3) is 4.49. The van der Waals surface area contributed by atoms with E-state index in [0.29, 0.717) is 28.0 Å². The number of pyridine rings is 1. The first-order chi connectivity index (χ1) is 14.1. The topological polar surface area (TPSA) is 101 Å². The molecule has 0 aliphatic rings. The van der Waals surface area contributed by atoms with Crippen LogP contribution < -0.4 is 5.32 Å². The van der Waals surface area contributed by atoms with Crippen molar-refractivity contribution in [2.75, 3.05) is 11.1 Å². The van der Waals surface area contributed by atoms with Gasteiger partial charge in [-0.15, -0.1) is 5.10 Å². The van der Waals surface area contributed by atoms with E-state index in [1.54, 1.807) is 24.4 Å². The predicted molar refractivity (Wildman–Crippen MR) is 113 cm³/mol. The van der Waals surface area contributed by atoms with Crippen molar-refractivity contribution in [2.45, 2.75) is 12.1 Å². The van der Waals surface area contributed by atoms with Crippen molar-refractivity contribution in [3.63, 3.8) is 0 Å². The third-order valence-corrected chi connectivity index (χ3v) is 5.12. The molecule has 4 aromatic rings. The number of hydrogen-bond donors (Lipinski definition) is 2. The van der Waals surface area contributed by atoms with Gasteiger partial charge in [-0.1, -0.05) is 30.0 Å². The van der Waals surface area contributed by atoms with Crippen LogP contribution in [-0.4, -0.2) is 37.6 Å². The summed E-state index contributed by atoms with van der Waals surface area (Å²) >= 11 is 1.27. The molecule has 2 aromatic heterocycles. The summed E-state index contributed by atoms with van der Waals surface area (Å²) in [4.78, 5) is 32.5. The Balaban J connectivity index is 1.51. The lowest BCUT2D eigenvalue weighted by atomic mass is 10.1. The minimum Gasteiger partial charge on any atom is -0.322 e. The van der Waals surface area contributed by atoms with Crippen molar-refractivity contribution in [1.29, 1.82) is 0 Å². The highest BCUT2D eigenvalue weighted by Gasteiger charge is 2.11. The van der Waals surface area contributed by atoms with E-state index >= 15 is 0 Å². The Kier molecular flexibility index (Phi) is 5.35. The number of rotatable bonds is 6. The number of hydrogen-bond acceptors (Lipinski definition) is 6. The number of fused-ring (bicyclic) bond motifs is 1. The van der Waals surface area contributed by atoms with E-state index in [1.165, 1.54) is 18.7 Å². The van der Waals surface area contributed by atoms with Gasteiger partial charge in [0.25, 0.3) is 5.91 Å². The zero-order valence-electron chi connectivity index (χ0n) is 15.5. The molecule has 0 radical (unpaired) electrons. The number of amides is 1. The first-order valence-electron chi connectivity index (χ1n) is 8.90. The van der Waals surface area contributed by atoms with Crippen LogP contribution in [0.3, 0.4) is 0 Å². The van der Waals surface area contributed by atoms with Crippen molar-refractivity contribution >= 4 is 40.0 Å². The van der Waals surface area contributed by atoms with Gasteiger partial charge in [0.2, 0.25) is 5.16 Å². The number of ketones is 1. The fraction of sp³-hybridized carbons (Fsp3) is 0.0952. The Morgan fingerprint density at radius 1 is 1.10 bits per heavy atom. The highest BCUT2D eigenvalue weighted by atomic mass is 32.2. The summed E-state index contributed by atoms with van der Waals surface area (Å²) < 4.78 is 0. The quantitative estimate of drug-likeness (QED) is 0.473. The van der Waals surface area contributed by atoms with Crippen LogP contribution in [0.5, 0.6) is 0 Å². The normalized spacial score (nSPS) is 10.8. The van der Waals surface area contributed by atoms with Crippen LogP contribution >= 0.6 is 11.8 Å². The van der Waals surface area contributed by atoms with Crippen molar-refractivity contribution in [3.8, 4) is 11.4 Å². The fourth-order valence-corrected chi connectivity index (χ4v) is 3.37. The van der Waals surface area contributed by atoms with Crippen molar-refractivity contribution in [2.24, 2.45) is 0 Å². The maximum absolute atomic E-state index is 12.7. The lowest BCUT2D eigenvalue weighted by Crippen LogP contribution is -2.11. The highest BCUT2D eigenvalue weighted by Crippen LogP contribution is 2.22. The van der Waals surface area contributed by atoms with Gasteiger partial charge in [-0.2, -0.15) is 0 Å². The summed E-state index contributed by atoms with van der Waals surface area (Å²) in [7, 11) is 0. The number of nitrogens with one attached hydrogen (secondary N) is 2. The van der Waals surface area contributed by atoms with E-state index in [1.807, 2.05) is 36.4 Å². The van der Waals surface area contributed by atoms with E-state index in [-0.39, 0.29) is 11.7 Å². The zero-order chi connectivity index (χ0) is 20.2. The summed E-state index contributed by atoms with van der Waals surface area (Å²) in [5.74, 6) is 0.703. The van der Waals surface area contributed by atoms with Gasteiger partial charge in [0.05, 0.1) is 11.3 Å². The van der Waals surface area contributed by atoms with Gasteiger partial charge in [-0.25, -0.2) is 4.98 Å². The summed E-state index contributed by atoms with van der Waals surface area (Å²) in [6.07, 6.45) is 1.74. The van der Waals surface area contributed by atoms with Crippen LogP contribution in [0.4, 0.5) is 5.69 Å². The highest BCUT2D eigenvalue weighted by molar-refractivity contribution is 7.99. The smallest absolute Gasteiger partial charge is 0.255 e. The summed E-state index contributed by atoms with van der Waals surface area (Å²) in [5, 5.41) is 11.3. The molecule has 0 saturated heterocycles. The maximum atomic E-state index is 12.7. The second-order valence-electron chi connectivity index (χ2n) is 6.40. The number of aromatic amines is 1. The number of aromatic nitrogens is 4. The standard InChI is InChI=1S/C21H17N5O2S/c1-13(27)12-29-21-24-19(25-26-21)15-4-2-5-16(10-15)20(28)23-17-7-8-18-14(11-17)6-3-9-22-18/h2-11H,12H2,1H3,(H,23,28)(H,24,25,26). The molecule has 4 rings (SSSR count). The molecular weight excluding hydrogens is 386 g/mol. The monoisotopic (exact) mass is 403 g/mol. The van der Waals surface area contributed by atoms with Crippen LogP contribution in [0, 0.1) is 0 Å². The van der Waals surface area contributed by atoms with Crippen LogP contribution in [0.1, 0.15) is 17.3 Å². The maximum Gasteiger partial charge on any atom is 0.255 e. The molecule has 0 unspecified atom stereocenters. The zero-order valence-corrected chi connectivity index (χ0v) is 16.4. The number of carbonyl (C=O) groups is 2. The molecular formula is C21H17N5O2S. The van der Waals surface area contributed by atoms with E-state index in [0.717, 1.165) is 16.5 Å². The molecule has 7 nitrogen and oxygen atoms in total. The second-order valence-corrected chi connectivity index (χ2v) is 7.35. The summed E-state index contributed by atoms with van der Waals surface area (Å²) in [6.45, 7) is 1.52. The summed E-state index contributed by atoms with van der Waals surface area (Å²) in [6, 6.07) is 16.5. The Morgan fingerprint density at radius 2 is 2.00 bits per heavy atom. The third-order valence-electron chi connectivity index (χ3n) is 4.13. The van der Waals surface area contributed by atoms with E-state index < -0.39 is 0 Å². The van der Waals surface area contributed by atoms with Gasteiger partial charge in [0.15, 0.2) is 5.82 Å². The number of benzene rings is 2. The second kappa shape index (κ2) is 8.24. The van der Waals surface area contributed by atoms with Gasteiger partial charge >= 0.3 is 0 Å². The molecule has 2 heterocycles. The lowest BCUT2D eigenvalue weighted by molar-refractivity contribution is -0.114. The molecule has 0 aliphatic carbocycles. The predicted octanol–water partition coefficient (Wildman–Crippen LogP) is 3.95. The van der Waals surface area contributed by atoms with Gasteiger partial charge in [-0.05, 0) is 43.3 Å². The Hall–Kier alpha value is -3.52. The van der Waals surface area contributed by atoms with Crippen LogP contribution in [0.15, 0.2) is 66.0 Å². The van der Waals surface area contributed by atoms with Crippen LogP contribution in [0.25, 0.3) is 22.3 Å². The summed E-state index contributed by atoms with van der Waals surface area (Å²) in [5.41, 5.74) is 2.81. The average Bonchev–Trinajstić information content (AvgIpc) is 3.21. The number of nitrogens with zero attached hydrogens (tertiary/aromatic N) is 3. The first-order valence-corrected chi connectivity index (χ1v) is 9.88. The molecule has 0 atom stereocenters. The van der Waals surface area contributed by atoms with Crippen molar-refractivity contribution in [1.82, 2.24) is 20.2 Å². The Labute approximate surface area is 171 Å². The van der Waals surface area contributed by atoms with E-state index in [9.17, 15) is 9.59 Å². The largest absolute Gasteiger partial charge is 0.322 e. The number of thioether (sulfide) groups is 1. The SMILES string of the molecule is CC(=O)CSc1n[nH]c(-c2cccc(C(=O)Nc3ccc4ncccc4c3)c2)n1. The van der Waals surface area contributed by atoms with Crippen molar-refractivity contribution < 1.29 is 9.59 Å². The van der Waals surface area contributed by atoms with Crippen LogP contribution in [-0.2, 0) is 4.79 Å². The van der Waals surface area contributed by atoms with E-state index in [4.69, 9.17) is 0 Å². The molecule has 0 bridgehead atoms. The lowest BCUT2D eigenvalue weighted by Gasteiger charge is -2.07. The average molecular weight is 403 g/mol. The molecule has 144 valence electrons. The van der Waals surface area contributed by atoms with Gasteiger partial charge < -0.3 is 5.32 Å². The minimum atomic E-state index is -0.221. The molecule has 1 amide bonds. The number of H-pyrrole nitrogens is 1. The van der Waals surface area contributed by atoms with Gasteiger partial charge in [-0.3, -0.25) is 19.7 Å². The fourth-order valence-electron chi connectivity index (χ4n) is 2.77. The van der Waals surface area contributed by atoms with Crippen molar-refractivity contribution in [3.05, 3.63) is 66.4 Å². The molecule has 29 heavy (non-hydrogen) atoms. The number of carbonyl (C=O) groups excluding carboxylic acids is 2. The molecule has 0 saturated carbocycles. The van der Waals surface area contributed by atoms with Crippen LogP contribution in [0.2, 0.25) is 0 Å². The Morgan fingerprint density at radius 3 is 2.86 bits per heavy atom. The van der Waals surface area contributed by atoms with E-state index in [2.05, 4.69) is 25.5 Å². The molecule has 2 aromatic carbocycles. The minimum absolute atomic E-state index is 0.0597. The molecule has 2 N–H and O–H groups in total. The molecule has 8 heteroatoms. The molecule has 0 spiro atoms. The number of anilines is 1. The van der Waals surface area contributed by atoms with Gasteiger partial charge in [0.1, 0.15) is 5.78 Å². The van der Waals surface area contributed by atoms with Gasteiger partial charge in [0, 0.05) is 28.4 Å². The Bertz CT molecular complexity index is 1200. The number of Topliss-reactive ketones (excluding diaryl/α,β-unsaturated/α-hetero) is 1. The molecule has 0 aliphatic heterocycles. The molecule has 0 fully saturated rings. The first kappa shape index (κ1) is 18.8.